The third-order valence-corrected chi connectivity index (χ3v) is 13.8. The van der Waals surface area contributed by atoms with Crippen molar-refractivity contribution in [2.75, 3.05) is 13.2 Å². The zero-order chi connectivity index (χ0) is 47.2. The second-order valence-corrected chi connectivity index (χ2v) is 20.3. The third-order valence-electron chi connectivity index (χ3n) is 13.8. The van der Waals surface area contributed by atoms with Gasteiger partial charge in [-0.2, -0.15) is 0 Å². The van der Waals surface area contributed by atoms with Gasteiger partial charge in [-0.25, -0.2) is 0 Å². The van der Waals surface area contributed by atoms with E-state index in [-0.39, 0.29) is 18.5 Å². The van der Waals surface area contributed by atoms with Crippen molar-refractivity contribution in [1.82, 2.24) is 5.32 Å². The van der Waals surface area contributed by atoms with E-state index in [4.69, 9.17) is 4.74 Å². The Morgan fingerprint density at radius 2 is 0.723 bits per heavy atom. The molecular formula is C59H115NO5. The Kier molecular flexibility index (Phi) is 54.0. The number of rotatable bonds is 55. The van der Waals surface area contributed by atoms with Crippen LogP contribution in [0, 0.1) is 0 Å². The van der Waals surface area contributed by atoms with Crippen molar-refractivity contribution in [1.29, 1.82) is 0 Å². The first-order chi connectivity index (χ1) is 32.0. The summed E-state index contributed by atoms with van der Waals surface area (Å²) in [4.78, 5) is 24.6. The predicted octanol–water partition coefficient (Wildman–Crippen LogP) is 18.1. The molecule has 6 heteroatoms. The first-order valence-corrected chi connectivity index (χ1v) is 29.4. The molecule has 2 unspecified atom stereocenters. The van der Waals surface area contributed by atoms with Crippen molar-refractivity contribution < 1.29 is 24.5 Å². The van der Waals surface area contributed by atoms with Crippen molar-refractivity contribution in [3.8, 4) is 0 Å². The van der Waals surface area contributed by atoms with Crippen LogP contribution in [0.15, 0.2) is 12.2 Å². The zero-order valence-electron chi connectivity index (χ0n) is 44.0. The van der Waals surface area contributed by atoms with E-state index in [2.05, 4.69) is 31.3 Å². The van der Waals surface area contributed by atoms with Gasteiger partial charge in [-0.3, -0.25) is 9.59 Å². The lowest BCUT2D eigenvalue weighted by molar-refractivity contribution is -0.143. The number of hydrogen-bond acceptors (Lipinski definition) is 5. The molecule has 0 aliphatic carbocycles. The fourth-order valence-corrected chi connectivity index (χ4v) is 9.28. The van der Waals surface area contributed by atoms with Gasteiger partial charge in [0.2, 0.25) is 5.91 Å². The van der Waals surface area contributed by atoms with E-state index in [0.29, 0.717) is 25.9 Å². The molecule has 1 amide bonds. The maximum absolute atomic E-state index is 12.5. The molecule has 0 fully saturated rings. The molecule has 0 aromatic carbocycles. The fourth-order valence-electron chi connectivity index (χ4n) is 9.28. The number of allylic oxidation sites excluding steroid dienone is 2. The highest BCUT2D eigenvalue weighted by Gasteiger charge is 2.20. The lowest BCUT2D eigenvalue weighted by atomic mass is 10.0. The molecule has 0 saturated carbocycles. The Hall–Kier alpha value is -1.40. The number of carbonyl (C=O) groups excluding carboxylic acids is 2. The van der Waals surface area contributed by atoms with E-state index in [1.165, 1.54) is 238 Å². The number of carbonyl (C=O) groups is 2. The number of amides is 1. The molecule has 3 N–H and O–H groups in total. The van der Waals surface area contributed by atoms with Crippen LogP contribution in [0.3, 0.4) is 0 Å². The molecule has 0 aliphatic heterocycles. The van der Waals surface area contributed by atoms with Crippen LogP contribution < -0.4 is 5.32 Å². The molecule has 0 bridgehead atoms. The van der Waals surface area contributed by atoms with Crippen LogP contribution in [0.5, 0.6) is 0 Å². The highest BCUT2D eigenvalue weighted by molar-refractivity contribution is 5.76. The molecule has 0 aromatic rings. The Morgan fingerprint density at radius 3 is 1.09 bits per heavy atom. The minimum absolute atomic E-state index is 0.0241. The zero-order valence-corrected chi connectivity index (χ0v) is 44.0. The summed E-state index contributed by atoms with van der Waals surface area (Å²) in [5.74, 6) is -0.0831. The number of nitrogens with one attached hydrogen (secondary N) is 1. The van der Waals surface area contributed by atoms with Gasteiger partial charge in [0.1, 0.15) is 0 Å². The standard InChI is InChI=1S/C59H115NO5/c1-3-5-7-9-11-13-15-17-19-21-23-25-26-28-30-32-35-39-43-47-51-57(62)56(55-61)60-58(63)52-48-44-40-36-34-38-42-46-50-54-65-59(64)53-49-45-41-37-33-31-29-27-24-22-20-18-16-14-12-10-8-6-4-2/h18,20,56-57,61-62H,3-17,19,21-55H2,1-2H3,(H,60,63)/b20-18-. The molecule has 6 nitrogen and oxygen atoms in total. The monoisotopic (exact) mass is 918 g/mol. The van der Waals surface area contributed by atoms with Gasteiger partial charge in [-0.1, -0.05) is 276 Å². The van der Waals surface area contributed by atoms with Crippen molar-refractivity contribution >= 4 is 11.9 Å². The van der Waals surface area contributed by atoms with Gasteiger partial charge in [0.05, 0.1) is 25.4 Å². The summed E-state index contributed by atoms with van der Waals surface area (Å²) >= 11 is 0. The highest BCUT2D eigenvalue weighted by atomic mass is 16.5. The number of aliphatic hydroxyl groups is 2. The van der Waals surface area contributed by atoms with E-state index >= 15 is 0 Å². The van der Waals surface area contributed by atoms with Crippen LogP contribution in [0.4, 0.5) is 0 Å². The average molecular weight is 919 g/mol. The molecule has 0 spiro atoms. The summed E-state index contributed by atoms with van der Waals surface area (Å²) in [5, 5.41) is 23.3. The molecule has 386 valence electrons. The minimum Gasteiger partial charge on any atom is -0.466 e. The summed E-state index contributed by atoms with van der Waals surface area (Å²) < 4.78 is 5.47. The largest absolute Gasteiger partial charge is 0.466 e. The van der Waals surface area contributed by atoms with Gasteiger partial charge in [0.15, 0.2) is 0 Å². The van der Waals surface area contributed by atoms with Crippen LogP contribution in [-0.4, -0.2) is 47.4 Å². The minimum atomic E-state index is -0.682. The molecule has 0 rings (SSSR count). The summed E-state index contributed by atoms with van der Waals surface area (Å²) in [5.41, 5.74) is 0. The molecule has 0 aliphatic rings. The van der Waals surface area contributed by atoms with Gasteiger partial charge >= 0.3 is 5.97 Å². The Bertz CT molecular complexity index is 970. The predicted molar refractivity (Wildman–Crippen MR) is 283 cm³/mol. The van der Waals surface area contributed by atoms with Gasteiger partial charge in [-0.05, 0) is 51.4 Å². The number of esters is 1. The van der Waals surface area contributed by atoms with E-state index in [1.54, 1.807) is 0 Å². The maximum atomic E-state index is 12.5. The van der Waals surface area contributed by atoms with Crippen LogP contribution in [0.25, 0.3) is 0 Å². The molecule has 65 heavy (non-hydrogen) atoms. The average Bonchev–Trinajstić information content (AvgIpc) is 3.31. The number of unbranched alkanes of at least 4 members (excludes halogenated alkanes) is 42. The second-order valence-electron chi connectivity index (χ2n) is 20.3. The van der Waals surface area contributed by atoms with Gasteiger partial charge in [0, 0.05) is 12.8 Å². The van der Waals surface area contributed by atoms with Crippen LogP contribution in [0.1, 0.15) is 328 Å². The summed E-state index contributed by atoms with van der Waals surface area (Å²) in [6.45, 7) is 4.91. The van der Waals surface area contributed by atoms with E-state index in [9.17, 15) is 19.8 Å². The lowest BCUT2D eigenvalue weighted by Gasteiger charge is -2.22. The third kappa shape index (κ3) is 51.8. The topological polar surface area (TPSA) is 95.9 Å². The normalized spacial score (nSPS) is 12.6. The van der Waals surface area contributed by atoms with Crippen LogP contribution in [-0.2, 0) is 14.3 Å². The maximum Gasteiger partial charge on any atom is 0.305 e. The van der Waals surface area contributed by atoms with Crippen molar-refractivity contribution in [2.45, 2.75) is 341 Å². The molecule has 0 saturated heterocycles. The summed E-state index contributed by atoms with van der Waals surface area (Å²) in [6.07, 6.45) is 64.9. The van der Waals surface area contributed by atoms with Crippen molar-refractivity contribution in [3.63, 3.8) is 0 Å². The fraction of sp³-hybridized carbons (Fsp3) is 0.932. The number of ether oxygens (including phenoxy) is 1. The SMILES string of the molecule is CCCCCCCC/C=C\CCCCCCCCCCCC(=O)OCCCCCCCCCCCC(=O)NC(CO)C(O)CCCCCCCCCCCCCCCCCCCCCC. The highest BCUT2D eigenvalue weighted by Crippen LogP contribution is 2.18. The van der Waals surface area contributed by atoms with E-state index in [0.717, 1.165) is 57.8 Å². The second kappa shape index (κ2) is 55.2. The van der Waals surface area contributed by atoms with Crippen molar-refractivity contribution in [2.24, 2.45) is 0 Å². The van der Waals surface area contributed by atoms with E-state index in [1.807, 2.05) is 0 Å². The first kappa shape index (κ1) is 63.6. The molecule has 2 atom stereocenters. The van der Waals surface area contributed by atoms with Gasteiger partial charge in [-0.15, -0.1) is 0 Å². The molecule has 0 aromatic heterocycles. The molecule has 0 radical (unpaired) electrons. The van der Waals surface area contributed by atoms with Crippen molar-refractivity contribution in [3.05, 3.63) is 12.2 Å². The number of hydrogen-bond donors (Lipinski definition) is 3. The Labute approximate surface area is 406 Å². The summed E-state index contributed by atoms with van der Waals surface area (Å²) in [7, 11) is 0. The van der Waals surface area contributed by atoms with Crippen LogP contribution in [0.2, 0.25) is 0 Å². The summed E-state index contributed by atoms with van der Waals surface area (Å²) in [6, 6.07) is -0.562. The van der Waals surface area contributed by atoms with Gasteiger partial charge in [0.25, 0.3) is 0 Å². The molecule has 0 heterocycles. The van der Waals surface area contributed by atoms with Gasteiger partial charge < -0.3 is 20.3 Å². The molecular weight excluding hydrogens is 803 g/mol. The number of aliphatic hydroxyl groups excluding tert-OH is 2. The quantitative estimate of drug-likeness (QED) is 0.0321. The smallest absolute Gasteiger partial charge is 0.305 e. The Morgan fingerprint density at radius 1 is 0.415 bits per heavy atom. The van der Waals surface area contributed by atoms with Crippen LogP contribution >= 0.6 is 0 Å². The van der Waals surface area contributed by atoms with E-state index < -0.39 is 12.1 Å². The lowest BCUT2D eigenvalue weighted by Crippen LogP contribution is -2.45. The first-order valence-electron chi connectivity index (χ1n) is 29.4. The Balaban J connectivity index is 3.45.